The average molecular weight is 992 g/mol. The Morgan fingerprint density at radius 1 is 0.406 bits per heavy atom. The molecule has 0 amide bonds. The van der Waals surface area contributed by atoms with Crippen LogP contribution in [0.2, 0.25) is 0 Å². The van der Waals surface area contributed by atoms with Crippen molar-refractivity contribution in [1.29, 1.82) is 0 Å². The van der Waals surface area contributed by atoms with Crippen LogP contribution in [0, 0.1) is 0 Å². The number of aryl methyl sites for hydroxylation is 1. The van der Waals surface area contributed by atoms with Gasteiger partial charge < -0.3 is 9.80 Å². The minimum absolute atomic E-state index is 0. The van der Waals surface area contributed by atoms with E-state index in [1.165, 1.54) is 175 Å². The van der Waals surface area contributed by atoms with Gasteiger partial charge in [0.25, 0.3) is 0 Å². The molecular weight excluding hydrogens is 883 g/mol. The smallest absolute Gasteiger partial charge is 0.0668 e. The number of hydrogen-bond donors (Lipinski definition) is 0. The second kappa shape index (κ2) is 43.8. The van der Waals surface area contributed by atoms with E-state index in [-0.39, 0.29) is 16.5 Å². The standard InChI is InChI=1S/C64H108N4.Ni/c1-10-17-22-27-31-34-37-41-46-56-51-53-60(59(48-43-39-36-33-29-24-19-12-3)58(56)47-42-38-35-32-28-23-18-11-2)66-62(50-44-26-21-14-5)61(49-45-40-30-25-20-13-4)65-57-52-54-63(67(8)15-6)64(55-57)68(9)16-7;/h31-36,51-55H,10-30,37-50H2,1-9H3;/b34-31+,35-32+,36-33+,65-61?,66-62?;. The van der Waals surface area contributed by atoms with Crippen LogP contribution in [0.3, 0.4) is 0 Å². The first-order valence-corrected chi connectivity index (χ1v) is 29.2. The fourth-order valence-electron chi connectivity index (χ4n) is 9.28. The van der Waals surface area contributed by atoms with Crippen molar-refractivity contribution >= 4 is 34.2 Å². The molecule has 0 atom stereocenters. The van der Waals surface area contributed by atoms with Crippen molar-refractivity contribution in [1.82, 2.24) is 0 Å². The van der Waals surface area contributed by atoms with E-state index < -0.39 is 0 Å². The fourth-order valence-corrected chi connectivity index (χ4v) is 9.28. The number of nitrogens with zero attached hydrogens (tertiary/aromatic N) is 4. The molecule has 0 aliphatic heterocycles. The SMILES string of the molecule is CCCCC/C=C/CCCc1ccc(N=C(CCCCCC)C(CCCCCCCC)=Nc2ccc(N(C)CC)c(N(C)CC)c2)c(CCC/C=C/CCCCC)c1CCC/C=C/CCCCC.[Ni]. The van der Waals surface area contributed by atoms with Gasteiger partial charge in [0.2, 0.25) is 0 Å². The summed E-state index contributed by atoms with van der Waals surface area (Å²) in [7, 11) is 4.42. The number of allylic oxidation sites excluding steroid dienone is 6. The van der Waals surface area contributed by atoms with Crippen LogP contribution in [0.4, 0.5) is 22.7 Å². The molecule has 0 bridgehead atoms. The zero-order valence-corrected chi connectivity index (χ0v) is 47.7. The molecule has 0 unspecified atom stereocenters. The fraction of sp³-hybridized carbons (Fsp3) is 0.688. The van der Waals surface area contributed by atoms with Crippen LogP contribution < -0.4 is 9.80 Å². The molecule has 2 rings (SSSR count). The van der Waals surface area contributed by atoms with Crippen LogP contribution in [0.25, 0.3) is 0 Å². The van der Waals surface area contributed by atoms with Gasteiger partial charge in [-0.25, -0.2) is 0 Å². The summed E-state index contributed by atoms with van der Waals surface area (Å²) in [6.45, 7) is 17.9. The molecule has 0 fully saturated rings. The zero-order chi connectivity index (χ0) is 49.3. The van der Waals surface area contributed by atoms with E-state index in [2.05, 4.69) is 139 Å². The normalized spacial score (nSPS) is 12.3. The quantitative estimate of drug-likeness (QED) is 0.0287. The summed E-state index contributed by atoms with van der Waals surface area (Å²) in [4.78, 5) is 16.3. The van der Waals surface area contributed by atoms with Crippen LogP contribution in [0.5, 0.6) is 0 Å². The van der Waals surface area contributed by atoms with E-state index in [1.54, 1.807) is 11.1 Å². The van der Waals surface area contributed by atoms with Crippen molar-refractivity contribution in [3.8, 4) is 0 Å². The van der Waals surface area contributed by atoms with Crippen LogP contribution in [0.1, 0.15) is 258 Å². The summed E-state index contributed by atoms with van der Waals surface area (Å²) < 4.78 is 0. The van der Waals surface area contributed by atoms with E-state index in [0.29, 0.717) is 0 Å². The number of rotatable bonds is 43. The third kappa shape index (κ3) is 28.7. The molecule has 2 aromatic rings. The first-order valence-electron chi connectivity index (χ1n) is 29.2. The van der Waals surface area contributed by atoms with Gasteiger partial charge in [0.15, 0.2) is 0 Å². The largest absolute Gasteiger partial charge is 0.373 e. The van der Waals surface area contributed by atoms with Gasteiger partial charge in [-0.1, -0.05) is 167 Å². The van der Waals surface area contributed by atoms with E-state index in [0.717, 1.165) is 89.4 Å². The van der Waals surface area contributed by atoms with Gasteiger partial charge in [-0.15, -0.1) is 0 Å². The van der Waals surface area contributed by atoms with Gasteiger partial charge in [0.05, 0.1) is 34.2 Å². The molecule has 69 heavy (non-hydrogen) atoms. The second-order valence-electron chi connectivity index (χ2n) is 19.9. The molecular formula is C64H108N4Ni. The maximum Gasteiger partial charge on any atom is 0.0668 e. The molecule has 0 spiro atoms. The maximum atomic E-state index is 5.92. The Balaban J connectivity index is 0.0000238. The van der Waals surface area contributed by atoms with Gasteiger partial charge in [-0.3, -0.25) is 9.98 Å². The first kappa shape index (κ1) is 64.1. The first-order chi connectivity index (χ1) is 33.4. The summed E-state index contributed by atoms with van der Waals surface area (Å²) in [5.41, 5.74) is 11.9. The molecule has 0 aliphatic rings. The van der Waals surface area contributed by atoms with Crippen LogP contribution >= 0.6 is 0 Å². The third-order valence-corrected chi connectivity index (χ3v) is 14.0. The Labute approximate surface area is 439 Å². The van der Waals surface area contributed by atoms with Gasteiger partial charge in [-0.2, -0.15) is 0 Å². The summed E-state index contributed by atoms with van der Waals surface area (Å²) >= 11 is 0. The van der Waals surface area contributed by atoms with Gasteiger partial charge in [0.1, 0.15) is 0 Å². The molecule has 2 aromatic carbocycles. The molecule has 4 nitrogen and oxygen atoms in total. The van der Waals surface area contributed by atoms with Crippen molar-refractivity contribution in [2.75, 3.05) is 37.0 Å². The minimum Gasteiger partial charge on any atom is -0.373 e. The van der Waals surface area contributed by atoms with Crippen molar-refractivity contribution in [2.24, 2.45) is 9.98 Å². The summed E-state index contributed by atoms with van der Waals surface area (Å²) in [5.74, 6) is 0. The minimum atomic E-state index is 0. The van der Waals surface area contributed by atoms with Crippen LogP contribution in [0.15, 0.2) is 76.8 Å². The summed E-state index contributed by atoms with van der Waals surface area (Å²) in [6.07, 6.45) is 55.1. The number of aliphatic imine (C=N–C) groups is 2. The molecule has 394 valence electrons. The molecule has 0 saturated carbocycles. The zero-order valence-electron chi connectivity index (χ0n) is 46.7. The number of unbranched alkanes of at least 4 members (excludes halogenated alkanes) is 20. The van der Waals surface area contributed by atoms with Crippen molar-refractivity contribution in [3.63, 3.8) is 0 Å². The Bertz CT molecular complexity index is 1700. The van der Waals surface area contributed by atoms with Gasteiger partial charge in [-0.05, 0) is 177 Å². The van der Waals surface area contributed by atoms with E-state index in [9.17, 15) is 0 Å². The van der Waals surface area contributed by atoms with Gasteiger partial charge >= 0.3 is 0 Å². The number of benzene rings is 2. The second-order valence-corrected chi connectivity index (χ2v) is 19.9. The number of hydrogen-bond acceptors (Lipinski definition) is 4. The van der Waals surface area contributed by atoms with Crippen molar-refractivity contribution < 1.29 is 16.5 Å². The maximum absolute atomic E-state index is 5.92. The summed E-state index contributed by atoms with van der Waals surface area (Å²) in [5, 5.41) is 0. The Morgan fingerprint density at radius 3 is 1.32 bits per heavy atom. The monoisotopic (exact) mass is 991 g/mol. The Morgan fingerprint density at radius 2 is 0.812 bits per heavy atom. The Hall–Kier alpha value is -2.91. The summed E-state index contributed by atoms with van der Waals surface area (Å²) in [6, 6.07) is 11.8. The molecule has 0 heterocycles. The average Bonchev–Trinajstić information content (AvgIpc) is 3.35. The molecule has 0 N–H and O–H groups in total. The molecule has 0 aliphatic carbocycles. The van der Waals surface area contributed by atoms with E-state index in [4.69, 9.17) is 9.98 Å². The topological polar surface area (TPSA) is 31.2 Å². The molecule has 0 saturated heterocycles. The van der Waals surface area contributed by atoms with Crippen LogP contribution in [-0.4, -0.2) is 38.6 Å². The van der Waals surface area contributed by atoms with E-state index in [1.807, 2.05) is 0 Å². The third-order valence-electron chi connectivity index (χ3n) is 14.0. The van der Waals surface area contributed by atoms with Gasteiger partial charge in [0, 0.05) is 43.7 Å². The van der Waals surface area contributed by atoms with Crippen molar-refractivity contribution in [2.45, 2.75) is 260 Å². The Kier molecular flexibility index (Phi) is 40.7. The molecule has 5 heteroatoms. The predicted octanol–water partition coefficient (Wildman–Crippen LogP) is 20.5. The number of anilines is 2. The van der Waals surface area contributed by atoms with Crippen molar-refractivity contribution in [3.05, 3.63) is 83.5 Å². The predicted molar refractivity (Wildman–Crippen MR) is 310 cm³/mol. The van der Waals surface area contributed by atoms with Crippen LogP contribution in [-0.2, 0) is 35.8 Å². The molecule has 0 aromatic heterocycles. The molecule has 0 radical (unpaired) electrons. The van der Waals surface area contributed by atoms with E-state index >= 15 is 0 Å².